The molecular formula is C17H30N2O4. The zero-order chi connectivity index (χ0) is 17.3. The molecular weight excluding hydrogens is 296 g/mol. The van der Waals surface area contributed by atoms with Crippen LogP contribution in [0.1, 0.15) is 53.4 Å². The van der Waals surface area contributed by atoms with Crippen LogP contribution in [0.4, 0.5) is 4.79 Å². The molecule has 2 saturated heterocycles. The van der Waals surface area contributed by atoms with E-state index in [1.807, 2.05) is 20.8 Å². The summed E-state index contributed by atoms with van der Waals surface area (Å²) in [7, 11) is 0. The molecule has 1 N–H and O–H groups in total. The Morgan fingerprint density at radius 1 is 1.30 bits per heavy atom. The summed E-state index contributed by atoms with van der Waals surface area (Å²) in [6.07, 6.45) is 3.22. The van der Waals surface area contributed by atoms with Crippen LogP contribution in [0.2, 0.25) is 0 Å². The first kappa shape index (κ1) is 18.0. The maximum atomic E-state index is 12.1. The summed E-state index contributed by atoms with van der Waals surface area (Å²) < 4.78 is 5.38. The molecule has 0 radical (unpaired) electrons. The van der Waals surface area contributed by atoms with Gasteiger partial charge in [-0.2, -0.15) is 0 Å². The topological polar surface area (TPSA) is 70.1 Å². The molecule has 6 heteroatoms. The summed E-state index contributed by atoms with van der Waals surface area (Å²) >= 11 is 0. The third-order valence-electron chi connectivity index (χ3n) is 4.76. The lowest BCUT2D eigenvalue weighted by Gasteiger charge is -2.54. The molecule has 1 atom stereocenters. The number of nitrogens with zero attached hydrogens (tertiary/aromatic N) is 2. The molecule has 1 unspecified atom stereocenters. The average Bonchev–Trinajstić information content (AvgIpc) is 2.80. The van der Waals surface area contributed by atoms with Crippen LogP contribution >= 0.6 is 0 Å². The lowest BCUT2D eigenvalue weighted by Crippen LogP contribution is -2.71. The lowest BCUT2D eigenvalue weighted by atomic mass is 9.84. The van der Waals surface area contributed by atoms with Crippen LogP contribution in [0.3, 0.4) is 0 Å². The second-order valence-corrected chi connectivity index (χ2v) is 8.02. The largest absolute Gasteiger partial charge is 0.481 e. The van der Waals surface area contributed by atoms with Gasteiger partial charge in [-0.25, -0.2) is 4.79 Å². The van der Waals surface area contributed by atoms with Gasteiger partial charge in [0.15, 0.2) is 0 Å². The summed E-state index contributed by atoms with van der Waals surface area (Å²) in [6, 6.07) is 0. The summed E-state index contributed by atoms with van der Waals surface area (Å²) in [5, 5.41) is 9.29. The standard InChI is InChI=1S/C17H30N2O4/c1-5-6-13-7-8-19(10-13)17(9-14(20)21)11-18(12-17)15(22)23-16(2,3)4/h13H,5-12H2,1-4H3,(H,20,21). The van der Waals surface area contributed by atoms with Crippen molar-refractivity contribution in [2.75, 3.05) is 26.2 Å². The number of carboxylic acid groups (broad SMARTS) is 1. The summed E-state index contributed by atoms with van der Waals surface area (Å²) in [6.45, 7) is 10.5. The van der Waals surface area contributed by atoms with Crippen LogP contribution in [0.15, 0.2) is 0 Å². The highest BCUT2D eigenvalue weighted by molar-refractivity contribution is 5.73. The first-order valence-corrected chi connectivity index (χ1v) is 8.60. The van der Waals surface area contributed by atoms with E-state index in [0.29, 0.717) is 19.0 Å². The van der Waals surface area contributed by atoms with E-state index in [1.165, 1.54) is 6.42 Å². The van der Waals surface area contributed by atoms with Crippen molar-refractivity contribution in [3.8, 4) is 0 Å². The van der Waals surface area contributed by atoms with Crippen molar-refractivity contribution in [2.24, 2.45) is 5.92 Å². The highest BCUT2D eigenvalue weighted by Crippen LogP contribution is 2.37. The van der Waals surface area contributed by atoms with Crippen molar-refractivity contribution < 1.29 is 19.4 Å². The van der Waals surface area contributed by atoms with E-state index in [0.717, 1.165) is 25.9 Å². The number of carbonyl (C=O) groups excluding carboxylic acids is 1. The predicted octanol–water partition coefficient (Wildman–Crippen LogP) is 2.57. The molecule has 132 valence electrons. The second-order valence-electron chi connectivity index (χ2n) is 8.02. The van der Waals surface area contributed by atoms with Crippen LogP contribution in [0.25, 0.3) is 0 Å². The predicted molar refractivity (Wildman–Crippen MR) is 87.4 cm³/mol. The Bertz CT molecular complexity index is 452. The molecule has 6 nitrogen and oxygen atoms in total. The molecule has 0 aliphatic carbocycles. The lowest BCUT2D eigenvalue weighted by molar-refractivity contribution is -0.145. The minimum atomic E-state index is -0.798. The van der Waals surface area contributed by atoms with Gasteiger partial charge in [0.25, 0.3) is 0 Å². The van der Waals surface area contributed by atoms with Crippen LogP contribution in [-0.2, 0) is 9.53 Å². The smallest absolute Gasteiger partial charge is 0.410 e. The fourth-order valence-corrected chi connectivity index (χ4v) is 3.73. The van der Waals surface area contributed by atoms with Crippen LogP contribution in [0.5, 0.6) is 0 Å². The summed E-state index contributed by atoms with van der Waals surface area (Å²) in [5.41, 5.74) is -0.937. The molecule has 0 saturated carbocycles. The Morgan fingerprint density at radius 2 is 1.96 bits per heavy atom. The highest BCUT2D eigenvalue weighted by Gasteiger charge is 2.52. The highest BCUT2D eigenvalue weighted by atomic mass is 16.6. The van der Waals surface area contributed by atoms with Crippen molar-refractivity contribution in [2.45, 2.75) is 64.5 Å². The van der Waals surface area contributed by atoms with Crippen LogP contribution in [-0.4, -0.2) is 64.3 Å². The SMILES string of the molecule is CCCC1CCN(C2(CC(=O)O)CN(C(=O)OC(C)(C)C)C2)C1. The Hall–Kier alpha value is -1.30. The maximum absolute atomic E-state index is 12.1. The quantitative estimate of drug-likeness (QED) is 0.841. The van der Waals surface area contributed by atoms with Gasteiger partial charge in [0.1, 0.15) is 5.60 Å². The minimum absolute atomic E-state index is 0.0884. The van der Waals surface area contributed by atoms with E-state index < -0.39 is 17.1 Å². The zero-order valence-electron chi connectivity index (χ0n) is 14.8. The number of carbonyl (C=O) groups is 2. The summed E-state index contributed by atoms with van der Waals surface area (Å²) in [4.78, 5) is 27.4. The molecule has 1 amide bonds. The van der Waals surface area contributed by atoms with E-state index in [1.54, 1.807) is 4.90 Å². The zero-order valence-corrected chi connectivity index (χ0v) is 14.8. The third-order valence-corrected chi connectivity index (χ3v) is 4.76. The molecule has 2 rings (SSSR count). The molecule has 2 fully saturated rings. The van der Waals surface area contributed by atoms with Crippen molar-refractivity contribution in [3.05, 3.63) is 0 Å². The van der Waals surface area contributed by atoms with Gasteiger partial charge in [0.2, 0.25) is 0 Å². The number of hydrogen-bond donors (Lipinski definition) is 1. The number of aliphatic carboxylic acids is 1. The molecule has 0 aromatic rings. The first-order valence-electron chi connectivity index (χ1n) is 8.60. The molecule has 2 heterocycles. The van der Waals surface area contributed by atoms with Crippen LogP contribution in [0, 0.1) is 5.92 Å². The number of rotatable bonds is 5. The van der Waals surface area contributed by atoms with E-state index >= 15 is 0 Å². The number of hydrogen-bond acceptors (Lipinski definition) is 4. The summed E-state index contributed by atoms with van der Waals surface area (Å²) in [5.74, 6) is -0.144. The third kappa shape index (κ3) is 4.37. The van der Waals surface area contributed by atoms with E-state index in [9.17, 15) is 14.7 Å². The average molecular weight is 326 g/mol. The second kappa shape index (κ2) is 6.67. The van der Waals surface area contributed by atoms with Gasteiger partial charge in [-0.1, -0.05) is 13.3 Å². The van der Waals surface area contributed by atoms with Gasteiger partial charge in [0.05, 0.1) is 12.0 Å². The molecule has 0 spiro atoms. The maximum Gasteiger partial charge on any atom is 0.410 e. The first-order chi connectivity index (χ1) is 10.6. The molecule has 0 aromatic heterocycles. The van der Waals surface area contributed by atoms with Gasteiger partial charge in [0, 0.05) is 19.6 Å². The Kier molecular flexibility index (Phi) is 5.23. The monoisotopic (exact) mass is 326 g/mol. The van der Waals surface area contributed by atoms with Crippen molar-refractivity contribution >= 4 is 12.1 Å². The number of likely N-dealkylation sites (tertiary alicyclic amines) is 2. The molecule has 2 aliphatic rings. The van der Waals surface area contributed by atoms with E-state index in [2.05, 4.69) is 11.8 Å². The fourth-order valence-electron chi connectivity index (χ4n) is 3.73. The minimum Gasteiger partial charge on any atom is -0.481 e. The van der Waals surface area contributed by atoms with Crippen molar-refractivity contribution in [1.82, 2.24) is 9.80 Å². The van der Waals surface area contributed by atoms with Gasteiger partial charge in [-0.15, -0.1) is 0 Å². The number of amides is 1. The van der Waals surface area contributed by atoms with Gasteiger partial charge >= 0.3 is 12.1 Å². The molecule has 2 aliphatic heterocycles. The number of ether oxygens (including phenoxy) is 1. The Labute approximate surface area is 138 Å². The normalized spacial score (nSPS) is 24.3. The van der Waals surface area contributed by atoms with Crippen molar-refractivity contribution in [1.29, 1.82) is 0 Å². The Morgan fingerprint density at radius 3 is 2.48 bits per heavy atom. The molecule has 0 bridgehead atoms. The molecule has 0 aromatic carbocycles. The van der Waals surface area contributed by atoms with Crippen molar-refractivity contribution in [3.63, 3.8) is 0 Å². The molecule has 23 heavy (non-hydrogen) atoms. The number of carboxylic acids is 1. The van der Waals surface area contributed by atoms with E-state index in [-0.39, 0.29) is 12.5 Å². The fraction of sp³-hybridized carbons (Fsp3) is 0.882. The van der Waals surface area contributed by atoms with E-state index in [4.69, 9.17) is 4.74 Å². The van der Waals surface area contributed by atoms with Crippen LogP contribution < -0.4 is 0 Å². The van der Waals surface area contributed by atoms with Gasteiger partial charge in [-0.05, 0) is 46.1 Å². The Balaban J connectivity index is 1.98. The van der Waals surface area contributed by atoms with Gasteiger partial charge < -0.3 is 14.7 Å². The van der Waals surface area contributed by atoms with Gasteiger partial charge in [-0.3, -0.25) is 9.69 Å².